The van der Waals surface area contributed by atoms with Gasteiger partial charge in [0.25, 0.3) is 11.8 Å². The van der Waals surface area contributed by atoms with Crippen molar-refractivity contribution in [1.82, 2.24) is 21.2 Å². The molecule has 26 heavy (non-hydrogen) atoms. The van der Waals surface area contributed by atoms with Crippen LogP contribution >= 0.6 is 0 Å². The van der Waals surface area contributed by atoms with E-state index in [-0.39, 0.29) is 6.54 Å². The Balaban J connectivity index is 1.81. The lowest BCUT2D eigenvalue weighted by Crippen LogP contribution is -2.41. The van der Waals surface area contributed by atoms with Crippen molar-refractivity contribution < 1.29 is 19.1 Å². The summed E-state index contributed by atoms with van der Waals surface area (Å²) in [5.74, 6) is -0.891. The first kappa shape index (κ1) is 19.0. The third kappa shape index (κ3) is 5.97. The Labute approximate surface area is 151 Å². The van der Waals surface area contributed by atoms with Crippen LogP contribution in [0.3, 0.4) is 0 Å². The Hall–Kier alpha value is -3.29. The van der Waals surface area contributed by atoms with Crippen molar-refractivity contribution in [2.75, 3.05) is 0 Å². The molecule has 138 valence electrons. The highest BCUT2D eigenvalue weighted by Gasteiger charge is 2.15. The molecule has 4 N–H and O–H groups in total. The molecule has 0 unspecified atom stereocenters. The van der Waals surface area contributed by atoms with Crippen LogP contribution in [-0.4, -0.2) is 28.5 Å². The molecule has 1 aromatic heterocycles. The number of H-pyrrole nitrogens is 1. The van der Waals surface area contributed by atoms with Crippen LogP contribution in [0.4, 0.5) is 4.79 Å². The fourth-order valence-corrected chi connectivity index (χ4v) is 1.99. The monoisotopic (exact) mass is 358 g/mol. The maximum Gasteiger partial charge on any atom is 0.407 e. The smallest absolute Gasteiger partial charge is 0.407 e. The first-order valence-electron chi connectivity index (χ1n) is 8.04. The van der Waals surface area contributed by atoms with Crippen LogP contribution in [0, 0.1) is 0 Å². The molecular formula is C18H22N4O4. The van der Waals surface area contributed by atoms with Gasteiger partial charge in [0.05, 0.1) is 0 Å². The number of nitrogens with one attached hydrogen (secondary N) is 4. The number of hydrogen-bond donors (Lipinski definition) is 4. The summed E-state index contributed by atoms with van der Waals surface area (Å²) in [7, 11) is 0. The summed E-state index contributed by atoms with van der Waals surface area (Å²) in [4.78, 5) is 38.1. The molecule has 0 aliphatic rings. The minimum atomic E-state index is -0.559. The highest BCUT2D eigenvalue weighted by atomic mass is 16.6. The topological polar surface area (TPSA) is 112 Å². The molecule has 8 heteroatoms. The average molecular weight is 358 g/mol. The summed E-state index contributed by atoms with van der Waals surface area (Å²) in [5.41, 5.74) is 5.61. The van der Waals surface area contributed by atoms with Gasteiger partial charge in [0.1, 0.15) is 11.3 Å². The van der Waals surface area contributed by atoms with Crippen LogP contribution in [0.5, 0.6) is 0 Å². The van der Waals surface area contributed by atoms with Crippen LogP contribution in [0.2, 0.25) is 0 Å². The number of aromatic amines is 1. The molecule has 0 fully saturated rings. The van der Waals surface area contributed by atoms with Crippen molar-refractivity contribution in [2.24, 2.45) is 0 Å². The van der Waals surface area contributed by atoms with Crippen molar-refractivity contribution in [2.45, 2.75) is 32.9 Å². The average Bonchev–Trinajstić information content (AvgIpc) is 3.11. The number of aromatic nitrogens is 1. The van der Waals surface area contributed by atoms with Gasteiger partial charge in [-0.25, -0.2) is 4.79 Å². The minimum Gasteiger partial charge on any atom is -0.444 e. The fraction of sp³-hybridized carbons (Fsp3) is 0.278. The molecule has 1 aromatic carbocycles. The maximum atomic E-state index is 12.0. The highest BCUT2D eigenvalue weighted by molar-refractivity contribution is 5.98. The Morgan fingerprint density at radius 3 is 2.23 bits per heavy atom. The molecule has 2 rings (SSSR count). The minimum absolute atomic E-state index is 0.278. The number of rotatable bonds is 4. The van der Waals surface area contributed by atoms with E-state index in [4.69, 9.17) is 4.74 Å². The van der Waals surface area contributed by atoms with E-state index >= 15 is 0 Å². The second-order valence-corrected chi connectivity index (χ2v) is 6.54. The first-order chi connectivity index (χ1) is 12.2. The molecule has 3 amide bonds. The molecule has 8 nitrogen and oxygen atoms in total. The standard InChI is InChI=1S/C18H22N4O4/c1-18(2,3)26-17(25)20-11-12-6-8-13(9-7-12)15(23)21-22-16(24)14-5-4-10-19-14/h4-10,19H,11H2,1-3H3,(H,20,25)(H,21,23)(H,22,24). The SMILES string of the molecule is CC(C)(C)OC(=O)NCc1ccc(C(=O)NNC(=O)c2ccc[nH]2)cc1. The summed E-state index contributed by atoms with van der Waals surface area (Å²) in [6, 6.07) is 9.89. The summed E-state index contributed by atoms with van der Waals surface area (Å²) in [5, 5.41) is 2.64. The summed E-state index contributed by atoms with van der Waals surface area (Å²) >= 11 is 0. The molecule has 0 aliphatic carbocycles. The Kier molecular flexibility index (Phi) is 6.00. The zero-order chi connectivity index (χ0) is 19.2. The molecule has 0 radical (unpaired) electrons. The second kappa shape index (κ2) is 8.19. The maximum absolute atomic E-state index is 12.0. The number of alkyl carbamates (subject to hydrolysis) is 1. The molecule has 0 saturated heterocycles. The molecule has 0 saturated carbocycles. The molecular weight excluding hydrogens is 336 g/mol. The number of carbonyl (C=O) groups is 3. The first-order valence-corrected chi connectivity index (χ1v) is 8.04. The Morgan fingerprint density at radius 2 is 1.65 bits per heavy atom. The van der Waals surface area contributed by atoms with Crippen LogP contribution in [-0.2, 0) is 11.3 Å². The summed E-state index contributed by atoms with van der Waals surface area (Å²) < 4.78 is 5.15. The second-order valence-electron chi connectivity index (χ2n) is 6.54. The highest BCUT2D eigenvalue weighted by Crippen LogP contribution is 2.08. The zero-order valence-corrected chi connectivity index (χ0v) is 14.9. The predicted octanol–water partition coefficient (Wildman–Crippen LogP) is 2.11. The third-order valence-electron chi connectivity index (χ3n) is 3.18. The van der Waals surface area contributed by atoms with Crippen molar-refractivity contribution >= 4 is 17.9 Å². The van der Waals surface area contributed by atoms with Gasteiger partial charge in [-0.2, -0.15) is 0 Å². The van der Waals surface area contributed by atoms with Gasteiger partial charge in [-0.1, -0.05) is 12.1 Å². The van der Waals surface area contributed by atoms with E-state index in [1.807, 2.05) is 0 Å². The molecule has 1 heterocycles. The summed E-state index contributed by atoms with van der Waals surface area (Å²) in [6.07, 6.45) is 1.10. The number of ether oxygens (including phenoxy) is 1. The zero-order valence-electron chi connectivity index (χ0n) is 14.9. The quantitative estimate of drug-likeness (QED) is 0.627. The van der Waals surface area contributed by atoms with Gasteiger partial charge in [-0.15, -0.1) is 0 Å². The van der Waals surface area contributed by atoms with Gasteiger partial charge in [0, 0.05) is 18.3 Å². The van der Waals surface area contributed by atoms with Crippen LogP contribution in [0.15, 0.2) is 42.6 Å². The molecule has 0 bridgehead atoms. The van der Waals surface area contributed by atoms with Gasteiger partial charge >= 0.3 is 6.09 Å². The normalized spacial score (nSPS) is 10.7. The van der Waals surface area contributed by atoms with Crippen LogP contribution in [0.1, 0.15) is 47.2 Å². The lowest BCUT2D eigenvalue weighted by Gasteiger charge is -2.19. The van der Waals surface area contributed by atoms with Gasteiger partial charge in [0.2, 0.25) is 0 Å². The van der Waals surface area contributed by atoms with Gasteiger partial charge in [-0.05, 0) is 50.6 Å². The number of hydrogen-bond acceptors (Lipinski definition) is 4. The van der Waals surface area contributed by atoms with Crippen molar-refractivity contribution in [3.05, 3.63) is 59.4 Å². The predicted molar refractivity (Wildman–Crippen MR) is 95.2 cm³/mol. The van der Waals surface area contributed by atoms with E-state index in [0.29, 0.717) is 11.3 Å². The van der Waals surface area contributed by atoms with E-state index in [1.165, 1.54) is 0 Å². The van der Waals surface area contributed by atoms with Gasteiger partial charge < -0.3 is 15.0 Å². The number of carbonyl (C=O) groups excluding carboxylic acids is 3. The van der Waals surface area contributed by atoms with Crippen LogP contribution in [0.25, 0.3) is 0 Å². The molecule has 0 spiro atoms. The van der Waals surface area contributed by atoms with E-state index in [0.717, 1.165) is 5.56 Å². The third-order valence-corrected chi connectivity index (χ3v) is 3.18. The largest absolute Gasteiger partial charge is 0.444 e. The molecule has 2 aromatic rings. The number of benzene rings is 1. The van der Waals surface area contributed by atoms with Crippen molar-refractivity contribution in [3.8, 4) is 0 Å². The number of hydrazine groups is 1. The van der Waals surface area contributed by atoms with Gasteiger partial charge in [0.15, 0.2) is 0 Å². The lowest BCUT2D eigenvalue weighted by molar-refractivity contribution is 0.0523. The van der Waals surface area contributed by atoms with E-state index < -0.39 is 23.5 Å². The van der Waals surface area contributed by atoms with E-state index in [2.05, 4.69) is 21.2 Å². The van der Waals surface area contributed by atoms with Crippen molar-refractivity contribution in [3.63, 3.8) is 0 Å². The van der Waals surface area contributed by atoms with Crippen LogP contribution < -0.4 is 16.2 Å². The summed E-state index contributed by atoms with van der Waals surface area (Å²) in [6.45, 7) is 5.64. The molecule has 0 aliphatic heterocycles. The molecule has 0 atom stereocenters. The van der Waals surface area contributed by atoms with E-state index in [9.17, 15) is 14.4 Å². The Morgan fingerprint density at radius 1 is 1.00 bits per heavy atom. The fourth-order valence-electron chi connectivity index (χ4n) is 1.99. The Bertz CT molecular complexity index is 761. The van der Waals surface area contributed by atoms with E-state index in [1.54, 1.807) is 63.4 Å². The van der Waals surface area contributed by atoms with Crippen molar-refractivity contribution in [1.29, 1.82) is 0 Å². The number of amides is 3. The van der Waals surface area contributed by atoms with Gasteiger partial charge in [-0.3, -0.25) is 20.4 Å². The lowest BCUT2D eigenvalue weighted by atomic mass is 10.1.